The van der Waals surface area contributed by atoms with E-state index in [1.807, 2.05) is 31.3 Å². The maximum atomic E-state index is 6.04. The van der Waals surface area contributed by atoms with Gasteiger partial charge in [0.05, 0.1) is 0 Å². The van der Waals surface area contributed by atoms with Gasteiger partial charge in [0.15, 0.2) is 5.96 Å². The van der Waals surface area contributed by atoms with Crippen LogP contribution in [0.4, 0.5) is 0 Å². The molecule has 8 heteroatoms. The van der Waals surface area contributed by atoms with Crippen LogP contribution in [0.2, 0.25) is 5.02 Å². The van der Waals surface area contributed by atoms with E-state index in [1.165, 1.54) is 38.9 Å². The van der Waals surface area contributed by atoms with Crippen molar-refractivity contribution in [3.63, 3.8) is 0 Å². The molecular formula is C21H29ClN6O. The Labute approximate surface area is 177 Å². The van der Waals surface area contributed by atoms with Crippen molar-refractivity contribution in [1.82, 2.24) is 25.3 Å². The van der Waals surface area contributed by atoms with Crippen molar-refractivity contribution in [3.8, 4) is 11.4 Å². The first kappa shape index (κ1) is 20.2. The fourth-order valence-corrected chi connectivity index (χ4v) is 4.41. The molecule has 1 N–H and O–H groups in total. The summed E-state index contributed by atoms with van der Waals surface area (Å²) in [5.74, 6) is 2.87. The highest BCUT2D eigenvalue weighted by molar-refractivity contribution is 6.30. The molecule has 0 saturated carbocycles. The van der Waals surface area contributed by atoms with Crippen LogP contribution in [0, 0.1) is 5.92 Å². The molecule has 2 fully saturated rings. The lowest BCUT2D eigenvalue weighted by atomic mass is 10.1. The number of halogens is 1. The molecule has 0 amide bonds. The molecule has 1 unspecified atom stereocenters. The first-order valence-corrected chi connectivity index (χ1v) is 10.9. The quantitative estimate of drug-likeness (QED) is 0.576. The van der Waals surface area contributed by atoms with Gasteiger partial charge in [-0.2, -0.15) is 4.98 Å². The molecule has 1 atom stereocenters. The summed E-state index contributed by atoms with van der Waals surface area (Å²) in [7, 11) is 1.85. The minimum atomic E-state index is 0.566. The molecule has 0 radical (unpaired) electrons. The van der Waals surface area contributed by atoms with Gasteiger partial charge in [-0.15, -0.1) is 0 Å². The Morgan fingerprint density at radius 1 is 1.31 bits per heavy atom. The highest BCUT2D eigenvalue weighted by atomic mass is 35.5. The molecule has 0 aliphatic carbocycles. The van der Waals surface area contributed by atoms with Crippen molar-refractivity contribution < 1.29 is 4.52 Å². The lowest BCUT2D eigenvalue weighted by Crippen LogP contribution is -2.41. The number of benzene rings is 1. The number of nitrogens with one attached hydrogen (secondary N) is 1. The zero-order valence-corrected chi connectivity index (χ0v) is 17.7. The average Bonchev–Trinajstić information content (AvgIpc) is 3.48. The van der Waals surface area contributed by atoms with Crippen molar-refractivity contribution in [2.45, 2.75) is 25.7 Å². The third kappa shape index (κ3) is 5.28. The third-order valence-electron chi connectivity index (χ3n) is 5.69. The summed E-state index contributed by atoms with van der Waals surface area (Å²) in [6.07, 6.45) is 4.60. The van der Waals surface area contributed by atoms with Gasteiger partial charge in [0, 0.05) is 50.2 Å². The Balaban J connectivity index is 1.24. The maximum Gasteiger partial charge on any atom is 0.228 e. The molecule has 0 bridgehead atoms. The molecule has 2 saturated heterocycles. The molecule has 4 rings (SSSR count). The lowest BCUT2D eigenvalue weighted by molar-refractivity contribution is 0.281. The molecule has 2 aliphatic heterocycles. The normalized spacial score (nSPS) is 20.6. The molecule has 156 valence electrons. The van der Waals surface area contributed by atoms with E-state index in [9.17, 15) is 0 Å². The zero-order valence-electron chi connectivity index (χ0n) is 17.0. The first-order chi connectivity index (χ1) is 14.2. The summed E-state index contributed by atoms with van der Waals surface area (Å²) >= 11 is 6.04. The predicted octanol–water partition coefficient (Wildman–Crippen LogP) is 2.93. The van der Waals surface area contributed by atoms with Crippen LogP contribution < -0.4 is 5.32 Å². The number of likely N-dealkylation sites (tertiary alicyclic amines) is 2. The Morgan fingerprint density at radius 3 is 2.97 bits per heavy atom. The highest BCUT2D eigenvalue weighted by Gasteiger charge is 2.27. The third-order valence-corrected chi connectivity index (χ3v) is 5.92. The monoisotopic (exact) mass is 416 g/mol. The van der Waals surface area contributed by atoms with Crippen molar-refractivity contribution in [2.75, 3.05) is 46.3 Å². The second kappa shape index (κ2) is 9.59. The fourth-order valence-electron chi connectivity index (χ4n) is 4.22. The second-order valence-corrected chi connectivity index (χ2v) is 8.29. The van der Waals surface area contributed by atoms with E-state index in [0.717, 1.165) is 30.5 Å². The number of nitrogens with zero attached hydrogens (tertiary/aromatic N) is 5. The number of aliphatic imine (C=N–C) groups is 1. The lowest BCUT2D eigenvalue weighted by Gasteiger charge is -2.23. The predicted molar refractivity (Wildman–Crippen MR) is 115 cm³/mol. The summed E-state index contributed by atoms with van der Waals surface area (Å²) in [4.78, 5) is 13.9. The van der Waals surface area contributed by atoms with Crippen molar-refractivity contribution >= 4 is 17.6 Å². The molecule has 0 spiro atoms. The van der Waals surface area contributed by atoms with Gasteiger partial charge in [-0.3, -0.25) is 4.99 Å². The van der Waals surface area contributed by atoms with Crippen LogP contribution in [0.1, 0.15) is 25.2 Å². The van der Waals surface area contributed by atoms with Crippen LogP contribution in [-0.2, 0) is 6.42 Å². The summed E-state index contributed by atoms with van der Waals surface area (Å²) in [5, 5.41) is 8.17. The Kier molecular flexibility index (Phi) is 6.67. The van der Waals surface area contributed by atoms with Crippen LogP contribution in [0.15, 0.2) is 33.8 Å². The topological polar surface area (TPSA) is 69.8 Å². The largest absolute Gasteiger partial charge is 0.356 e. The minimum absolute atomic E-state index is 0.566. The molecule has 7 nitrogen and oxygen atoms in total. The van der Waals surface area contributed by atoms with Gasteiger partial charge in [-0.1, -0.05) is 28.9 Å². The van der Waals surface area contributed by atoms with E-state index in [-0.39, 0.29) is 0 Å². The van der Waals surface area contributed by atoms with Gasteiger partial charge in [-0.05, 0) is 50.4 Å². The minimum Gasteiger partial charge on any atom is -0.356 e. The van der Waals surface area contributed by atoms with Gasteiger partial charge < -0.3 is 19.6 Å². The molecule has 29 heavy (non-hydrogen) atoms. The first-order valence-electron chi connectivity index (χ1n) is 10.5. The van der Waals surface area contributed by atoms with Gasteiger partial charge in [0.25, 0.3) is 0 Å². The van der Waals surface area contributed by atoms with Crippen molar-refractivity contribution in [3.05, 3.63) is 35.2 Å². The zero-order chi connectivity index (χ0) is 20.1. The molecule has 3 heterocycles. The summed E-state index contributed by atoms with van der Waals surface area (Å²) in [6.45, 7) is 6.61. The Bertz CT molecular complexity index is 832. The number of aromatic nitrogens is 2. The molecule has 1 aromatic heterocycles. The Hall–Kier alpha value is -2.12. The van der Waals surface area contributed by atoms with Crippen LogP contribution in [0.5, 0.6) is 0 Å². The van der Waals surface area contributed by atoms with E-state index in [2.05, 4.69) is 30.2 Å². The van der Waals surface area contributed by atoms with Crippen LogP contribution in [0.25, 0.3) is 11.4 Å². The van der Waals surface area contributed by atoms with E-state index in [0.29, 0.717) is 29.7 Å². The number of hydrogen-bond donors (Lipinski definition) is 1. The van der Waals surface area contributed by atoms with E-state index in [4.69, 9.17) is 16.1 Å². The average molecular weight is 417 g/mol. The highest BCUT2D eigenvalue weighted by Crippen LogP contribution is 2.21. The molecule has 2 aromatic rings. The van der Waals surface area contributed by atoms with Crippen LogP contribution >= 0.6 is 11.6 Å². The van der Waals surface area contributed by atoms with Gasteiger partial charge in [-0.25, -0.2) is 0 Å². The maximum absolute atomic E-state index is 6.04. The molecular weight excluding hydrogens is 388 g/mol. The van der Waals surface area contributed by atoms with E-state index >= 15 is 0 Å². The number of hydrogen-bond acceptors (Lipinski definition) is 5. The van der Waals surface area contributed by atoms with Gasteiger partial charge in [0.2, 0.25) is 11.7 Å². The summed E-state index contributed by atoms with van der Waals surface area (Å²) in [5.41, 5.74) is 0.859. The smallest absolute Gasteiger partial charge is 0.228 e. The van der Waals surface area contributed by atoms with Crippen LogP contribution in [0.3, 0.4) is 0 Å². The summed E-state index contributed by atoms with van der Waals surface area (Å²) in [6, 6.07) is 7.47. The van der Waals surface area contributed by atoms with Crippen molar-refractivity contribution in [2.24, 2.45) is 10.9 Å². The molecule has 1 aromatic carbocycles. The van der Waals surface area contributed by atoms with E-state index in [1.54, 1.807) is 0 Å². The number of rotatable bonds is 6. The van der Waals surface area contributed by atoms with Gasteiger partial charge >= 0.3 is 0 Å². The van der Waals surface area contributed by atoms with Gasteiger partial charge in [0.1, 0.15) is 0 Å². The fraction of sp³-hybridized carbons (Fsp3) is 0.571. The second-order valence-electron chi connectivity index (χ2n) is 7.85. The molecule has 2 aliphatic rings. The van der Waals surface area contributed by atoms with Crippen molar-refractivity contribution in [1.29, 1.82) is 0 Å². The Morgan fingerprint density at radius 2 is 2.17 bits per heavy atom. The standard InChI is InChI=1S/C21H29ClN6O/c1-23-21(28-12-8-16(15-28)14-27-10-2-3-11-27)24-9-7-19-25-20(26-29-19)17-5-4-6-18(22)13-17/h4-6,13,16H,2-3,7-12,14-15H2,1H3,(H,23,24). The number of guanidine groups is 1. The van der Waals surface area contributed by atoms with E-state index < -0.39 is 0 Å². The van der Waals surface area contributed by atoms with Crippen LogP contribution in [-0.4, -0.2) is 72.2 Å². The summed E-state index contributed by atoms with van der Waals surface area (Å²) < 4.78 is 5.39. The SMILES string of the molecule is CN=C(NCCc1nc(-c2cccc(Cl)c2)no1)N1CCC(CN2CCCC2)C1.